The fraction of sp³-hybridized carbons (Fsp3) is 0.0909. The van der Waals surface area contributed by atoms with Crippen molar-refractivity contribution >= 4 is 34.0 Å². The number of benzene rings is 3. The van der Waals surface area contributed by atoms with Crippen LogP contribution in [0.25, 0.3) is 52.9 Å². The number of rotatable bonds is 5. The number of hydrogen-bond donors (Lipinski definition) is 0. The lowest BCUT2D eigenvalue weighted by molar-refractivity contribution is 1.47. The molecule has 0 saturated heterocycles. The molecule has 3 heteroatoms. The van der Waals surface area contributed by atoms with E-state index in [4.69, 9.17) is 0 Å². The first-order chi connectivity index (χ1) is 17.5. The summed E-state index contributed by atoms with van der Waals surface area (Å²) in [6.45, 7) is 6.43. The molecule has 0 fully saturated rings. The summed E-state index contributed by atoms with van der Waals surface area (Å²) >= 11 is 5.59. The Labute approximate surface area is 225 Å². The molecule has 0 unspecified atom stereocenters. The maximum absolute atomic E-state index is 2.40. The van der Waals surface area contributed by atoms with Crippen LogP contribution < -0.4 is 0 Å². The summed E-state index contributed by atoms with van der Waals surface area (Å²) in [6.07, 6.45) is 0. The fourth-order valence-electron chi connectivity index (χ4n) is 4.45. The van der Waals surface area contributed by atoms with Gasteiger partial charge < -0.3 is 0 Å². The second-order valence-corrected chi connectivity index (χ2v) is 12.2. The van der Waals surface area contributed by atoms with E-state index in [0.29, 0.717) is 0 Å². The van der Waals surface area contributed by atoms with Crippen molar-refractivity contribution in [1.29, 1.82) is 0 Å². The predicted molar refractivity (Wildman–Crippen MR) is 161 cm³/mol. The molecule has 0 atom stereocenters. The van der Waals surface area contributed by atoms with Crippen LogP contribution in [0.3, 0.4) is 0 Å². The van der Waals surface area contributed by atoms with Gasteiger partial charge in [-0.1, -0.05) is 89.5 Å². The van der Waals surface area contributed by atoms with Gasteiger partial charge in [0.1, 0.15) is 0 Å². The van der Waals surface area contributed by atoms with Crippen molar-refractivity contribution in [1.82, 2.24) is 0 Å². The van der Waals surface area contributed by atoms with Crippen molar-refractivity contribution in [3.05, 3.63) is 118 Å². The summed E-state index contributed by atoms with van der Waals surface area (Å²) in [6, 6.07) is 33.7. The van der Waals surface area contributed by atoms with Gasteiger partial charge in [0, 0.05) is 20.9 Å². The third-order valence-corrected chi connectivity index (χ3v) is 9.89. The third-order valence-electron chi connectivity index (χ3n) is 6.55. The van der Waals surface area contributed by atoms with Crippen molar-refractivity contribution < 1.29 is 0 Å². The second kappa shape index (κ2) is 9.67. The van der Waals surface area contributed by atoms with E-state index in [1.807, 2.05) is 34.0 Å². The molecule has 0 aliphatic heterocycles. The lowest BCUT2D eigenvalue weighted by Gasteiger charge is -2.03. The van der Waals surface area contributed by atoms with Gasteiger partial charge in [-0.3, -0.25) is 0 Å². The topological polar surface area (TPSA) is 0 Å². The van der Waals surface area contributed by atoms with Gasteiger partial charge in [-0.2, -0.15) is 0 Å². The van der Waals surface area contributed by atoms with E-state index < -0.39 is 0 Å². The first kappa shape index (κ1) is 23.2. The van der Waals surface area contributed by atoms with Gasteiger partial charge in [-0.25, -0.2) is 0 Å². The molecule has 3 aromatic carbocycles. The van der Waals surface area contributed by atoms with Crippen LogP contribution >= 0.6 is 34.0 Å². The Hall–Kier alpha value is -3.24. The molecule has 0 spiro atoms. The van der Waals surface area contributed by atoms with Crippen LogP contribution in [0.15, 0.2) is 102 Å². The summed E-state index contributed by atoms with van der Waals surface area (Å²) in [7, 11) is 0. The van der Waals surface area contributed by atoms with Crippen molar-refractivity contribution in [2.45, 2.75) is 20.8 Å². The number of hydrogen-bond acceptors (Lipinski definition) is 3. The lowest BCUT2D eigenvalue weighted by atomic mass is 10.0. The summed E-state index contributed by atoms with van der Waals surface area (Å²) in [5, 5.41) is 4.51. The molecule has 3 aromatic heterocycles. The molecular formula is C33H26S3. The largest absolute Gasteiger partial charge is 0.142 e. The standard InChI is InChI=1S/C33H26S3/c1-21-4-10-24(11-5-21)27-18-30(35-20-27)33-29(26-14-8-23(3)9-15-26)19-31(36-33)32-28(16-17-34-32)25-12-6-22(2)7-13-25/h4-20H,1-3H3. The van der Waals surface area contributed by atoms with Crippen LogP contribution in [-0.2, 0) is 0 Å². The number of aryl methyl sites for hydroxylation is 3. The van der Waals surface area contributed by atoms with Gasteiger partial charge in [0.2, 0.25) is 0 Å². The van der Waals surface area contributed by atoms with E-state index in [1.54, 1.807) is 0 Å². The average molecular weight is 519 g/mol. The highest BCUT2D eigenvalue weighted by molar-refractivity contribution is 7.26. The summed E-state index contributed by atoms with van der Waals surface area (Å²) in [5.41, 5.74) is 11.6. The first-order valence-corrected chi connectivity index (χ1v) is 14.6. The molecule has 176 valence electrons. The van der Waals surface area contributed by atoms with Crippen LogP contribution in [0.1, 0.15) is 16.7 Å². The van der Waals surface area contributed by atoms with Crippen LogP contribution in [0, 0.1) is 20.8 Å². The first-order valence-electron chi connectivity index (χ1n) is 12.1. The zero-order valence-electron chi connectivity index (χ0n) is 20.5. The second-order valence-electron chi connectivity index (χ2n) is 9.31. The van der Waals surface area contributed by atoms with Crippen LogP contribution in [0.2, 0.25) is 0 Å². The normalized spacial score (nSPS) is 11.2. The molecule has 0 radical (unpaired) electrons. The molecule has 0 nitrogen and oxygen atoms in total. The molecule has 6 rings (SSSR count). The summed E-state index contributed by atoms with van der Waals surface area (Å²) < 4.78 is 0. The minimum atomic E-state index is 1.27. The minimum Gasteiger partial charge on any atom is -0.142 e. The van der Waals surface area contributed by atoms with E-state index in [2.05, 4.69) is 123 Å². The zero-order valence-corrected chi connectivity index (χ0v) is 23.0. The van der Waals surface area contributed by atoms with E-state index in [0.717, 1.165) is 0 Å². The van der Waals surface area contributed by atoms with E-state index in [-0.39, 0.29) is 0 Å². The van der Waals surface area contributed by atoms with Gasteiger partial charge in [0.25, 0.3) is 0 Å². The Kier molecular flexibility index (Phi) is 6.22. The SMILES string of the molecule is Cc1ccc(-c2csc(-c3sc(-c4sccc4-c4ccc(C)cc4)cc3-c3ccc(C)cc3)c2)cc1. The van der Waals surface area contributed by atoms with Crippen LogP contribution in [0.5, 0.6) is 0 Å². The Morgan fingerprint density at radius 3 is 1.61 bits per heavy atom. The van der Waals surface area contributed by atoms with Gasteiger partial charge in [0.15, 0.2) is 0 Å². The number of thiophene rings is 3. The molecule has 6 aromatic rings. The molecule has 0 saturated carbocycles. The van der Waals surface area contributed by atoms with Crippen molar-refractivity contribution in [2.75, 3.05) is 0 Å². The Bertz CT molecular complexity index is 1620. The Balaban J connectivity index is 1.47. The van der Waals surface area contributed by atoms with Crippen LogP contribution in [0.4, 0.5) is 0 Å². The molecule has 0 aliphatic carbocycles. The zero-order chi connectivity index (χ0) is 24.6. The molecular weight excluding hydrogens is 493 g/mol. The Morgan fingerprint density at radius 1 is 0.444 bits per heavy atom. The van der Waals surface area contributed by atoms with Gasteiger partial charge >= 0.3 is 0 Å². The average Bonchev–Trinajstić information content (AvgIpc) is 3.65. The maximum Gasteiger partial charge on any atom is 0.0528 e. The molecule has 0 N–H and O–H groups in total. The highest BCUT2D eigenvalue weighted by Crippen LogP contribution is 2.49. The van der Waals surface area contributed by atoms with Crippen molar-refractivity contribution in [3.63, 3.8) is 0 Å². The van der Waals surface area contributed by atoms with E-state index >= 15 is 0 Å². The molecule has 36 heavy (non-hydrogen) atoms. The van der Waals surface area contributed by atoms with Gasteiger partial charge in [-0.15, -0.1) is 34.0 Å². The quantitative estimate of drug-likeness (QED) is 0.213. The molecule has 0 aliphatic rings. The smallest absolute Gasteiger partial charge is 0.0528 e. The highest BCUT2D eigenvalue weighted by atomic mass is 32.1. The molecule has 0 amide bonds. The summed E-state index contributed by atoms with van der Waals surface area (Å²) in [5.74, 6) is 0. The van der Waals surface area contributed by atoms with E-state index in [1.165, 1.54) is 69.6 Å². The monoisotopic (exact) mass is 518 g/mol. The Morgan fingerprint density at radius 2 is 1.00 bits per heavy atom. The van der Waals surface area contributed by atoms with Gasteiger partial charge in [0.05, 0.1) is 9.75 Å². The molecule has 3 heterocycles. The van der Waals surface area contributed by atoms with Gasteiger partial charge in [-0.05, 0) is 72.0 Å². The predicted octanol–water partition coefficient (Wildman–Crippen LogP) is 11.1. The summed E-state index contributed by atoms with van der Waals surface area (Å²) in [4.78, 5) is 5.35. The highest BCUT2D eigenvalue weighted by Gasteiger charge is 2.19. The van der Waals surface area contributed by atoms with Crippen molar-refractivity contribution in [2.24, 2.45) is 0 Å². The lowest BCUT2D eigenvalue weighted by Crippen LogP contribution is -1.79. The third kappa shape index (κ3) is 4.51. The fourth-order valence-corrected chi connectivity index (χ4v) is 7.73. The molecule has 0 bridgehead atoms. The minimum absolute atomic E-state index is 1.27. The maximum atomic E-state index is 2.40. The van der Waals surface area contributed by atoms with Crippen molar-refractivity contribution in [3.8, 4) is 52.9 Å². The van der Waals surface area contributed by atoms with Crippen LogP contribution in [-0.4, -0.2) is 0 Å². The van der Waals surface area contributed by atoms with E-state index in [9.17, 15) is 0 Å².